The minimum atomic E-state index is -0.0466. The summed E-state index contributed by atoms with van der Waals surface area (Å²) in [5, 5.41) is 11.1. The van der Waals surface area contributed by atoms with Crippen LogP contribution in [0.4, 0.5) is 0 Å². The van der Waals surface area contributed by atoms with E-state index in [4.69, 9.17) is 4.74 Å². The van der Waals surface area contributed by atoms with Crippen LogP contribution in [0.15, 0.2) is 22.4 Å². The van der Waals surface area contributed by atoms with Crippen molar-refractivity contribution < 1.29 is 4.74 Å². The van der Waals surface area contributed by atoms with Crippen molar-refractivity contribution in [3.63, 3.8) is 0 Å². The van der Waals surface area contributed by atoms with Gasteiger partial charge in [0, 0.05) is 24.2 Å². The van der Waals surface area contributed by atoms with Gasteiger partial charge in [-0.1, -0.05) is 0 Å². The Labute approximate surface area is 138 Å². The minimum Gasteiger partial charge on any atom is -0.377 e. The van der Waals surface area contributed by atoms with E-state index in [9.17, 15) is 4.79 Å². The molecule has 1 aliphatic heterocycles. The number of hydrogen-bond acceptors (Lipinski definition) is 6. The van der Waals surface area contributed by atoms with E-state index in [1.54, 1.807) is 28.3 Å². The number of thiazole rings is 1. The molecule has 0 aromatic carbocycles. The SMILES string of the molecule is O=c1cc2c(nn1C1COCC1NCc1nccs1)CCCC2. The maximum Gasteiger partial charge on any atom is 0.267 e. The van der Waals surface area contributed by atoms with E-state index in [0.29, 0.717) is 19.8 Å². The molecule has 6 nitrogen and oxygen atoms in total. The first-order valence-electron chi connectivity index (χ1n) is 8.12. The number of hydrogen-bond donors (Lipinski definition) is 1. The second kappa shape index (κ2) is 6.51. The zero-order valence-corrected chi connectivity index (χ0v) is 13.7. The van der Waals surface area contributed by atoms with Crippen molar-refractivity contribution in [3.8, 4) is 0 Å². The monoisotopic (exact) mass is 332 g/mol. The molecular weight excluding hydrogens is 312 g/mol. The fourth-order valence-corrected chi connectivity index (χ4v) is 3.92. The zero-order chi connectivity index (χ0) is 15.6. The van der Waals surface area contributed by atoms with Gasteiger partial charge in [-0.05, 0) is 31.2 Å². The maximum atomic E-state index is 12.5. The summed E-state index contributed by atoms with van der Waals surface area (Å²) in [6, 6.07) is 1.82. The number of nitrogens with zero attached hydrogens (tertiary/aromatic N) is 3. The molecule has 3 heterocycles. The quantitative estimate of drug-likeness (QED) is 0.914. The highest BCUT2D eigenvalue weighted by Crippen LogP contribution is 2.21. The first-order valence-corrected chi connectivity index (χ1v) is 9.00. The van der Waals surface area contributed by atoms with Crippen LogP contribution in [0.25, 0.3) is 0 Å². The fourth-order valence-electron chi connectivity index (χ4n) is 3.35. The topological polar surface area (TPSA) is 69.0 Å². The van der Waals surface area contributed by atoms with Crippen LogP contribution in [0.1, 0.15) is 35.1 Å². The lowest BCUT2D eigenvalue weighted by atomic mass is 9.97. The predicted octanol–water partition coefficient (Wildman–Crippen LogP) is 1.31. The molecule has 0 amide bonds. The van der Waals surface area contributed by atoms with Gasteiger partial charge in [0.05, 0.1) is 31.0 Å². The number of ether oxygens (including phenoxy) is 1. The highest BCUT2D eigenvalue weighted by molar-refractivity contribution is 7.09. The Bertz CT molecular complexity index is 728. The van der Waals surface area contributed by atoms with Gasteiger partial charge in [-0.3, -0.25) is 4.79 Å². The van der Waals surface area contributed by atoms with Crippen molar-refractivity contribution in [3.05, 3.63) is 44.3 Å². The van der Waals surface area contributed by atoms with E-state index in [-0.39, 0.29) is 17.6 Å². The molecule has 4 rings (SSSR count). The highest BCUT2D eigenvalue weighted by Gasteiger charge is 2.31. The van der Waals surface area contributed by atoms with Crippen LogP contribution in [0, 0.1) is 0 Å². The van der Waals surface area contributed by atoms with Gasteiger partial charge in [0.2, 0.25) is 0 Å². The van der Waals surface area contributed by atoms with Crippen molar-refractivity contribution in [2.75, 3.05) is 13.2 Å². The van der Waals surface area contributed by atoms with Crippen LogP contribution in [-0.2, 0) is 24.1 Å². The van der Waals surface area contributed by atoms with Crippen molar-refractivity contribution in [2.45, 2.75) is 44.3 Å². The van der Waals surface area contributed by atoms with Gasteiger partial charge >= 0.3 is 0 Å². The lowest BCUT2D eigenvalue weighted by molar-refractivity contribution is 0.180. The van der Waals surface area contributed by atoms with Crippen molar-refractivity contribution in [2.24, 2.45) is 0 Å². The van der Waals surface area contributed by atoms with Gasteiger partial charge in [-0.15, -0.1) is 11.3 Å². The minimum absolute atomic E-state index is 0.0119. The summed E-state index contributed by atoms with van der Waals surface area (Å²) in [7, 11) is 0. The molecule has 7 heteroatoms. The zero-order valence-electron chi connectivity index (χ0n) is 12.9. The smallest absolute Gasteiger partial charge is 0.267 e. The lowest BCUT2D eigenvalue weighted by Gasteiger charge is -2.22. The van der Waals surface area contributed by atoms with Crippen LogP contribution in [-0.4, -0.2) is 34.0 Å². The van der Waals surface area contributed by atoms with Gasteiger partial charge in [0.25, 0.3) is 5.56 Å². The van der Waals surface area contributed by atoms with Crippen LogP contribution in [0.3, 0.4) is 0 Å². The van der Waals surface area contributed by atoms with Gasteiger partial charge in [-0.25, -0.2) is 9.67 Å². The molecule has 0 saturated carbocycles. The number of nitrogens with one attached hydrogen (secondary N) is 1. The second-order valence-electron chi connectivity index (χ2n) is 6.12. The Morgan fingerprint density at radius 3 is 3.13 bits per heavy atom. The molecule has 2 atom stereocenters. The number of aryl methyl sites for hydroxylation is 2. The van der Waals surface area contributed by atoms with Crippen molar-refractivity contribution in [1.82, 2.24) is 20.1 Å². The summed E-state index contributed by atoms with van der Waals surface area (Å²) in [5.74, 6) is 0. The number of fused-ring (bicyclic) bond motifs is 1. The summed E-state index contributed by atoms with van der Waals surface area (Å²) >= 11 is 1.63. The Morgan fingerprint density at radius 1 is 1.35 bits per heavy atom. The third-order valence-corrected chi connectivity index (χ3v) is 5.38. The molecule has 122 valence electrons. The molecular formula is C16H20N4O2S. The first kappa shape index (κ1) is 15.0. The van der Waals surface area contributed by atoms with E-state index < -0.39 is 0 Å². The fraction of sp³-hybridized carbons (Fsp3) is 0.562. The molecule has 0 bridgehead atoms. The van der Waals surface area contributed by atoms with E-state index in [1.165, 1.54) is 0 Å². The number of rotatable bonds is 4. The summed E-state index contributed by atoms with van der Waals surface area (Å²) in [6.45, 7) is 1.82. The molecule has 2 aromatic rings. The average molecular weight is 332 g/mol. The van der Waals surface area contributed by atoms with Gasteiger partial charge in [-0.2, -0.15) is 5.10 Å². The molecule has 2 unspecified atom stereocenters. The van der Waals surface area contributed by atoms with E-state index >= 15 is 0 Å². The molecule has 2 aliphatic rings. The van der Waals surface area contributed by atoms with Crippen LogP contribution in [0.2, 0.25) is 0 Å². The first-order chi connectivity index (χ1) is 11.3. The molecule has 1 aliphatic carbocycles. The lowest BCUT2D eigenvalue weighted by Crippen LogP contribution is -2.41. The Hall–Kier alpha value is -1.57. The molecule has 1 fully saturated rings. The number of aromatic nitrogens is 3. The van der Waals surface area contributed by atoms with Gasteiger partial charge in [0.1, 0.15) is 5.01 Å². The summed E-state index contributed by atoms with van der Waals surface area (Å²) in [4.78, 5) is 16.7. The Balaban J connectivity index is 1.55. The Kier molecular flexibility index (Phi) is 4.24. The van der Waals surface area contributed by atoms with Crippen molar-refractivity contribution in [1.29, 1.82) is 0 Å². The maximum absolute atomic E-state index is 12.5. The summed E-state index contributed by atoms with van der Waals surface area (Å²) < 4.78 is 7.25. The summed E-state index contributed by atoms with van der Waals surface area (Å²) in [6.07, 6.45) is 6.07. The van der Waals surface area contributed by atoms with Gasteiger partial charge in [0.15, 0.2) is 0 Å². The third kappa shape index (κ3) is 3.08. The molecule has 23 heavy (non-hydrogen) atoms. The van der Waals surface area contributed by atoms with Crippen LogP contribution < -0.4 is 10.9 Å². The van der Waals surface area contributed by atoms with Crippen LogP contribution in [0.5, 0.6) is 0 Å². The standard InChI is InChI=1S/C16H20N4O2S/c21-16-7-11-3-1-2-4-12(11)19-20(16)14-10-22-9-13(14)18-8-15-17-5-6-23-15/h5-7,13-14,18H,1-4,8-10H2. The Morgan fingerprint density at radius 2 is 2.26 bits per heavy atom. The largest absolute Gasteiger partial charge is 0.377 e. The molecule has 0 spiro atoms. The molecule has 2 aromatic heterocycles. The van der Waals surface area contributed by atoms with Crippen molar-refractivity contribution >= 4 is 11.3 Å². The van der Waals surface area contributed by atoms with E-state index in [2.05, 4.69) is 15.4 Å². The predicted molar refractivity (Wildman–Crippen MR) is 87.7 cm³/mol. The molecule has 0 radical (unpaired) electrons. The van der Waals surface area contributed by atoms with Crippen LogP contribution >= 0.6 is 11.3 Å². The second-order valence-corrected chi connectivity index (χ2v) is 7.10. The van der Waals surface area contributed by atoms with E-state index in [0.717, 1.165) is 41.9 Å². The molecule has 1 saturated heterocycles. The summed E-state index contributed by atoms with van der Waals surface area (Å²) in [5.41, 5.74) is 2.20. The highest BCUT2D eigenvalue weighted by atomic mass is 32.1. The average Bonchev–Trinajstić information content (AvgIpc) is 3.23. The molecule has 1 N–H and O–H groups in total. The van der Waals surface area contributed by atoms with E-state index in [1.807, 2.05) is 5.38 Å². The van der Waals surface area contributed by atoms with Gasteiger partial charge < -0.3 is 10.1 Å². The third-order valence-electron chi connectivity index (χ3n) is 4.60. The normalized spacial score (nSPS) is 23.8.